The number of hydrogen-bond acceptors (Lipinski definition) is 10. The molecule has 2 heterocycles. The van der Waals surface area contributed by atoms with Crippen molar-refractivity contribution in [1.82, 2.24) is 9.46 Å². The maximum Gasteiger partial charge on any atom is 0.416 e. The Morgan fingerprint density at radius 1 is 0.500 bits per heavy atom. The number of benzene rings is 3. The second-order valence-corrected chi connectivity index (χ2v) is 11.9. The Hall–Kier alpha value is -4.98. The molecule has 230 valence electrons. The predicted octanol–water partition coefficient (Wildman–Crippen LogP) is 1.59. The molecule has 0 amide bonds. The van der Waals surface area contributed by atoms with Crippen LogP contribution >= 0.6 is 0 Å². The van der Waals surface area contributed by atoms with Gasteiger partial charge in [0.25, 0.3) is 22.2 Å². The highest BCUT2D eigenvalue weighted by atomic mass is 32.2. The van der Waals surface area contributed by atoms with E-state index in [0.717, 1.165) is 12.1 Å². The minimum atomic E-state index is -5.23. The molecule has 0 spiro atoms. The summed E-state index contributed by atoms with van der Waals surface area (Å²) in [6.07, 6.45) is -9.91. The van der Waals surface area contributed by atoms with Crippen LogP contribution in [0.2, 0.25) is 0 Å². The monoisotopic (exact) mass is 664 g/mol. The van der Waals surface area contributed by atoms with Crippen LogP contribution in [0.25, 0.3) is 21.5 Å². The lowest BCUT2D eigenvalue weighted by Crippen LogP contribution is -2.36. The van der Waals surface area contributed by atoms with E-state index in [1.54, 1.807) is 0 Å². The molecule has 20 heteroatoms. The molecule has 0 saturated heterocycles. The topological polar surface area (TPSA) is 165 Å². The van der Waals surface area contributed by atoms with E-state index in [4.69, 9.17) is 0 Å². The van der Waals surface area contributed by atoms with Crippen LogP contribution in [0.3, 0.4) is 0 Å². The Labute approximate surface area is 238 Å². The summed E-state index contributed by atoms with van der Waals surface area (Å²) >= 11 is 0. The molecule has 0 radical (unpaired) electrons. The number of hydrogen-bond donors (Lipinski definition) is 0. The SMILES string of the molecule is O=c1c2cc3c(=O)n(OS(=O)(=O)c4cccc(C(F)(F)F)c4)c(=O)c3cc2c(=O)n1OS(=O)(=O)c1cccc(C(F)(F)F)c1. The Balaban J connectivity index is 1.58. The number of halogens is 6. The average Bonchev–Trinajstić information content (AvgIpc) is 3.30. The molecule has 0 saturated carbocycles. The molecule has 3 aromatic carbocycles. The van der Waals surface area contributed by atoms with Gasteiger partial charge < -0.3 is 0 Å². The molecular weight excluding hydrogens is 654 g/mol. The van der Waals surface area contributed by atoms with E-state index in [-0.39, 0.29) is 21.6 Å². The average molecular weight is 664 g/mol. The second-order valence-electron chi connectivity index (χ2n) is 8.86. The van der Waals surface area contributed by atoms with Crippen molar-refractivity contribution in [3.8, 4) is 0 Å². The largest absolute Gasteiger partial charge is 0.416 e. The molecule has 12 nitrogen and oxygen atoms in total. The van der Waals surface area contributed by atoms with Gasteiger partial charge in [-0.1, -0.05) is 21.6 Å². The van der Waals surface area contributed by atoms with Gasteiger partial charge in [0.2, 0.25) is 0 Å². The van der Waals surface area contributed by atoms with E-state index in [1.807, 2.05) is 0 Å². The maximum absolute atomic E-state index is 13.0. The van der Waals surface area contributed by atoms with Crippen molar-refractivity contribution in [2.75, 3.05) is 0 Å². The first-order valence-corrected chi connectivity index (χ1v) is 14.2. The lowest BCUT2D eigenvalue weighted by Gasteiger charge is -2.09. The molecule has 0 N–H and O–H groups in total. The van der Waals surface area contributed by atoms with Gasteiger partial charge in [-0.05, 0) is 48.5 Å². The summed E-state index contributed by atoms with van der Waals surface area (Å²) in [4.78, 5) is 49.2. The van der Waals surface area contributed by atoms with Crippen LogP contribution in [0.5, 0.6) is 0 Å². The fourth-order valence-electron chi connectivity index (χ4n) is 4.00. The third-order valence-corrected chi connectivity index (χ3v) is 8.42. The first-order valence-electron chi connectivity index (χ1n) is 11.4. The van der Waals surface area contributed by atoms with Crippen LogP contribution in [0, 0.1) is 0 Å². The third kappa shape index (κ3) is 5.10. The fraction of sp³-hybridized carbons (Fsp3) is 0.0833. The minimum Gasteiger partial charge on any atom is -0.277 e. The second kappa shape index (κ2) is 9.77. The van der Waals surface area contributed by atoms with Gasteiger partial charge in [-0.25, -0.2) is 0 Å². The van der Waals surface area contributed by atoms with Crippen molar-refractivity contribution < 1.29 is 51.7 Å². The van der Waals surface area contributed by atoms with Gasteiger partial charge in [-0.15, -0.1) is 0 Å². The minimum absolute atomic E-state index is 0.182. The highest BCUT2D eigenvalue weighted by Crippen LogP contribution is 2.31. The molecule has 0 fully saturated rings. The van der Waals surface area contributed by atoms with Gasteiger partial charge in [0.1, 0.15) is 9.79 Å². The zero-order valence-corrected chi connectivity index (χ0v) is 22.5. The summed E-state index contributed by atoms with van der Waals surface area (Å²) in [7, 11) is -10.5. The first-order chi connectivity index (χ1) is 20.2. The summed E-state index contributed by atoms with van der Waals surface area (Å²) in [6, 6.07) is 5.50. The van der Waals surface area contributed by atoms with Gasteiger partial charge in [0.05, 0.1) is 32.7 Å². The van der Waals surface area contributed by atoms with Crippen LogP contribution in [-0.4, -0.2) is 26.3 Å². The van der Waals surface area contributed by atoms with Crippen molar-refractivity contribution in [3.63, 3.8) is 0 Å². The molecule has 0 bridgehead atoms. The van der Waals surface area contributed by atoms with E-state index in [2.05, 4.69) is 8.57 Å². The Morgan fingerprint density at radius 3 is 1.07 bits per heavy atom. The predicted molar refractivity (Wildman–Crippen MR) is 135 cm³/mol. The molecule has 0 atom stereocenters. The van der Waals surface area contributed by atoms with Gasteiger partial charge in [0, 0.05) is 0 Å². The summed E-state index contributed by atoms with van der Waals surface area (Å²) in [5.74, 6) is 0. The molecule has 0 aliphatic rings. The maximum atomic E-state index is 13.0. The standard InChI is InChI=1S/C24H10F6N2O10S2/c25-23(26,27)11-3-1-5-13(7-11)43(37,38)41-31-19(33)15-9-17-18(10-16(15)20(31)34)22(36)32(21(17)35)42-44(39,40)14-6-2-4-12(8-14)24(28,29)30/h1-10H. The van der Waals surface area contributed by atoms with Gasteiger partial charge >= 0.3 is 32.6 Å². The Bertz CT molecular complexity index is 2190. The van der Waals surface area contributed by atoms with E-state index in [0.29, 0.717) is 36.4 Å². The fourth-order valence-corrected chi connectivity index (χ4v) is 5.87. The van der Waals surface area contributed by atoms with Crippen molar-refractivity contribution in [1.29, 1.82) is 0 Å². The van der Waals surface area contributed by atoms with E-state index in [1.165, 1.54) is 0 Å². The van der Waals surface area contributed by atoms with Crippen LogP contribution in [0.4, 0.5) is 26.3 Å². The highest BCUT2D eigenvalue weighted by molar-refractivity contribution is 7.87. The Morgan fingerprint density at radius 2 is 0.795 bits per heavy atom. The lowest BCUT2D eigenvalue weighted by atomic mass is 10.1. The van der Waals surface area contributed by atoms with Crippen molar-refractivity contribution in [2.45, 2.75) is 22.1 Å². The molecule has 0 unspecified atom stereocenters. The first kappa shape index (κ1) is 30.5. The normalized spacial score (nSPS) is 13.0. The smallest absolute Gasteiger partial charge is 0.277 e. The van der Waals surface area contributed by atoms with Gasteiger partial charge in [-0.2, -0.15) is 43.2 Å². The molecule has 0 aliphatic carbocycles. The Kier molecular flexibility index (Phi) is 6.77. The zero-order chi connectivity index (χ0) is 32.6. The number of nitrogens with zero attached hydrogens (tertiary/aromatic N) is 2. The number of rotatable bonds is 6. The summed E-state index contributed by atoms with van der Waals surface area (Å²) in [5, 5.41) is -2.90. The highest BCUT2D eigenvalue weighted by Gasteiger charge is 2.34. The van der Waals surface area contributed by atoms with E-state index in [9.17, 15) is 62.4 Å². The number of alkyl halides is 6. The molecule has 0 aliphatic heterocycles. The summed E-state index contributed by atoms with van der Waals surface area (Å²) in [5.41, 5.74) is -8.89. The van der Waals surface area contributed by atoms with Crippen LogP contribution in [0.1, 0.15) is 11.1 Å². The lowest BCUT2D eigenvalue weighted by molar-refractivity contribution is -0.138. The van der Waals surface area contributed by atoms with E-state index < -0.39 is 97.3 Å². The molecule has 5 rings (SSSR count). The quantitative estimate of drug-likeness (QED) is 0.244. The van der Waals surface area contributed by atoms with Crippen LogP contribution in [0.15, 0.2) is 89.6 Å². The molecule has 5 aromatic rings. The summed E-state index contributed by atoms with van der Waals surface area (Å²) in [6.45, 7) is 0. The van der Waals surface area contributed by atoms with Crippen molar-refractivity contribution in [2.24, 2.45) is 0 Å². The van der Waals surface area contributed by atoms with Crippen LogP contribution in [-0.2, 0) is 32.6 Å². The number of fused-ring (bicyclic) bond motifs is 2. The summed E-state index contributed by atoms with van der Waals surface area (Å²) < 4.78 is 137. The van der Waals surface area contributed by atoms with Crippen molar-refractivity contribution >= 4 is 41.8 Å². The van der Waals surface area contributed by atoms with E-state index >= 15 is 0 Å². The zero-order valence-electron chi connectivity index (χ0n) is 20.8. The van der Waals surface area contributed by atoms with Crippen LogP contribution < -0.4 is 30.8 Å². The molecule has 2 aromatic heterocycles. The number of aromatic nitrogens is 2. The van der Waals surface area contributed by atoms with Crippen molar-refractivity contribution in [3.05, 3.63) is 113 Å². The van der Waals surface area contributed by atoms with Gasteiger partial charge in [0.15, 0.2) is 0 Å². The third-order valence-electron chi connectivity index (χ3n) is 6.06. The molecular formula is C24H10F6N2O10S2. The molecule has 44 heavy (non-hydrogen) atoms. The van der Waals surface area contributed by atoms with Gasteiger partial charge in [-0.3, -0.25) is 27.7 Å².